The highest BCUT2D eigenvalue weighted by atomic mass is 19.1. The van der Waals surface area contributed by atoms with E-state index in [1.807, 2.05) is 5.32 Å². The first-order valence-electron chi connectivity index (χ1n) is 7.72. The number of urea groups is 1. The molecule has 3 amide bonds. The molecule has 0 fully saturated rings. The van der Waals surface area contributed by atoms with Crippen LogP contribution in [-0.4, -0.2) is 16.9 Å². The van der Waals surface area contributed by atoms with Crippen LogP contribution >= 0.6 is 0 Å². The minimum atomic E-state index is -1.22. The molecule has 1 aromatic heterocycles. The molecule has 1 heterocycles. The molecule has 3 aromatic rings. The smallest absolute Gasteiger partial charge is 0.292 e. The van der Waals surface area contributed by atoms with Gasteiger partial charge >= 0.3 is 6.03 Å². The van der Waals surface area contributed by atoms with Crippen LogP contribution in [0, 0.1) is 17.5 Å². The van der Waals surface area contributed by atoms with Gasteiger partial charge < -0.3 is 0 Å². The predicted molar refractivity (Wildman–Crippen MR) is 92.5 cm³/mol. The fourth-order valence-electron chi connectivity index (χ4n) is 2.31. The Morgan fingerprint density at radius 3 is 2.04 bits per heavy atom. The van der Waals surface area contributed by atoms with Gasteiger partial charge in [-0.1, -0.05) is 18.2 Å². The molecule has 0 unspecified atom stereocenters. The van der Waals surface area contributed by atoms with Crippen LogP contribution in [0.3, 0.4) is 0 Å². The van der Waals surface area contributed by atoms with Gasteiger partial charge in [0.1, 0.15) is 28.8 Å². The van der Waals surface area contributed by atoms with Gasteiger partial charge in [-0.25, -0.2) is 22.9 Å². The number of halogens is 3. The summed E-state index contributed by atoms with van der Waals surface area (Å²) < 4.78 is 40.0. The van der Waals surface area contributed by atoms with Crippen molar-refractivity contribution in [1.82, 2.24) is 10.3 Å². The van der Waals surface area contributed by atoms with Crippen molar-refractivity contribution in [3.63, 3.8) is 0 Å². The Kier molecular flexibility index (Phi) is 5.16. The monoisotopic (exact) mass is 371 g/mol. The molecule has 3 rings (SSSR count). The Bertz CT molecular complexity index is 970. The third-order valence-corrected chi connectivity index (χ3v) is 3.60. The number of pyridine rings is 1. The molecule has 0 aliphatic carbocycles. The number of amides is 3. The fourth-order valence-corrected chi connectivity index (χ4v) is 2.31. The van der Waals surface area contributed by atoms with E-state index in [4.69, 9.17) is 0 Å². The lowest BCUT2D eigenvalue weighted by atomic mass is 10.1. The summed E-state index contributed by atoms with van der Waals surface area (Å²) >= 11 is 0. The van der Waals surface area contributed by atoms with Crippen LogP contribution in [0.25, 0.3) is 11.1 Å². The van der Waals surface area contributed by atoms with Crippen molar-refractivity contribution in [3.05, 3.63) is 83.8 Å². The largest absolute Gasteiger partial charge is 0.327 e. The number of carbonyl (C=O) groups is 2. The molecule has 2 N–H and O–H groups in total. The van der Waals surface area contributed by atoms with Gasteiger partial charge in [-0.15, -0.1) is 0 Å². The van der Waals surface area contributed by atoms with Gasteiger partial charge in [0.05, 0.1) is 0 Å². The second kappa shape index (κ2) is 7.69. The van der Waals surface area contributed by atoms with E-state index in [-0.39, 0.29) is 11.6 Å². The summed E-state index contributed by atoms with van der Waals surface area (Å²) in [6, 6.07) is 10.8. The number of hydrogen-bond acceptors (Lipinski definition) is 3. The number of nitrogens with one attached hydrogen (secondary N) is 2. The van der Waals surface area contributed by atoms with E-state index >= 15 is 0 Å². The van der Waals surface area contributed by atoms with Crippen molar-refractivity contribution in [2.45, 2.75) is 0 Å². The number of nitrogens with zero attached hydrogens (tertiary/aromatic N) is 1. The molecule has 0 saturated carbocycles. The minimum Gasteiger partial charge on any atom is -0.292 e. The Morgan fingerprint density at radius 2 is 1.44 bits per heavy atom. The van der Waals surface area contributed by atoms with Crippen LogP contribution in [0.1, 0.15) is 10.4 Å². The molecule has 0 saturated heterocycles. The summed E-state index contributed by atoms with van der Waals surface area (Å²) in [7, 11) is 0. The third-order valence-electron chi connectivity index (χ3n) is 3.60. The van der Waals surface area contributed by atoms with Gasteiger partial charge in [0, 0.05) is 11.8 Å². The van der Waals surface area contributed by atoms with Crippen LogP contribution < -0.4 is 10.6 Å². The maximum Gasteiger partial charge on any atom is 0.327 e. The molecule has 0 spiro atoms. The van der Waals surface area contributed by atoms with Crippen molar-refractivity contribution in [3.8, 4) is 11.1 Å². The second-order valence-corrected chi connectivity index (χ2v) is 5.44. The topological polar surface area (TPSA) is 71.1 Å². The van der Waals surface area contributed by atoms with Gasteiger partial charge in [0.25, 0.3) is 5.91 Å². The molecule has 0 atom stereocenters. The molecule has 0 bridgehead atoms. The molecule has 5 nitrogen and oxygen atoms in total. The molecule has 0 aliphatic rings. The number of hydrogen-bond donors (Lipinski definition) is 2. The zero-order valence-electron chi connectivity index (χ0n) is 13.7. The SMILES string of the molecule is O=C(NC(=O)c1c(F)cccc1F)Nc1ccc(-c2ccc(F)cc2)cn1. The number of rotatable bonds is 3. The summed E-state index contributed by atoms with van der Waals surface area (Å²) in [4.78, 5) is 27.7. The van der Waals surface area contributed by atoms with E-state index in [1.165, 1.54) is 24.4 Å². The molecular weight excluding hydrogens is 359 g/mol. The summed E-state index contributed by atoms with van der Waals surface area (Å²) in [5.74, 6) is -3.63. The Morgan fingerprint density at radius 1 is 0.815 bits per heavy atom. The summed E-state index contributed by atoms with van der Waals surface area (Å²) in [5.41, 5.74) is 0.558. The van der Waals surface area contributed by atoms with E-state index < -0.39 is 29.1 Å². The van der Waals surface area contributed by atoms with Gasteiger partial charge in [-0.05, 0) is 42.0 Å². The van der Waals surface area contributed by atoms with Crippen LogP contribution in [-0.2, 0) is 0 Å². The summed E-state index contributed by atoms with van der Waals surface area (Å²) in [6.07, 6.45) is 1.45. The summed E-state index contributed by atoms with van der Waals surface area (Å²) in [6.45, 7) is 0. The van der Waals surface area contributed by atoms with E-state index in [1.54, 1.807) is 18.2 Å². The minimum absolute atomic E-state index is 0.111. The highest BCUT2D eigenvalue weighted by Gasteiger charge is 2.19. The van der Waals surface area contributed by atoms with E-state index in [9.17, 15) is 22.8 Å². The molecule has 0 aliphatic heterocycles. The Labute approximate surface area is 151 Å². The normalized spacial score (nSPS) is 10.3. The molecule has 27 heavy (non-hydrogen) atoms. The Hall–Kier alpha value is -3.68. The predicted octanol–water partition coefficient (Wildman–Crippen LogP) is 4.13. The Balaban J connectivity index is 1.66. The third kappa shape index (κ3) is 4.30. The van der Waals surface area contributed by atoms with Crippen LogP contribution in [0.15, 0.2) is 60.8 Å². The number of anilines is 1. The lowest BCUT2D eigenvalue weighted by Crippen LogP contribution is -2.35. The average molecular weight is 371 g/mol. The lowest BCUT2D eigenvalue weighted by Gasteiger charge is -2.08. The van der Waals surface area contributed by atoms with Crippen LogP contribution in [0.4, 0.5) is 23.8 Å². The van der Waals surface area contributed by atoms with E-state index in [0.717, 1.165) is 23.8 Å². The van der Waals surface area contributed by atoms with E-state index in [2.05, 4.69) is 10.3 Å². The fraction of sp³-hybridized carbons (Fsp3) is 0. The van der Waals surface area contributed by atoms with Gasteiger partial charge in [0.2, 0.25) is 0 Å². The van der Waals surface area contributed by atoms with Crippen molar-refractivity contribution in [1.29, 1.82) is 0 Å². The highest BCUT2D eigenvalue weighted by molar-refractivity contribution is 6.08. The second-order valence-electron chi connectivity index (χ2n) is 5.44. The van der Waals surface area contributed by atoms with Crippen molar-refractivity contribution in [2.75, 3.05) is 5.32 Å². The van der Waals surface area contributed by atoms with Crippen LogP contribution in [0.5, 0.6) is 0 Å². The number of aromatic nitrogens is 1. The number of carbonyl (C=O) groups excluding carboxylic acids is 2. The quantitative estimate of drug-likeness (QED) is 0.727. The molecule has 136 valence electrons. The van der Waals surface area contributed by atoms with Crippen LogP contribution in [0.2, 0.25) is 0 Å². The lowest BCUT2D eigenvalue weighted by molar-refractivity contribution is 0.0959. The molecule has 2 aromatic carbocycles. The maximum absolute atomic E-state index is 13.5. The standard InChI is InChI=1S/C19H12F3N3O2/c20-13-7-4-11(5-8-13)12-6-9-16(23-10-12)24-19(27)25-18(26)17-14(21)2-1-3-15(17)22/h1-10H,(H2,23,24,25,26,27). The average Bonchev–Trinajstić information content (AvgIpc) is 2.63. The summed E-state index contributed by atoms with van der Waals surface area (Å²) in [5, 5.41) is 4.11. The van der Waals surface area contributed by atoms with E-state index in [0.29, 0.717) is 5.56 Å². The molecular formula is C19H12F3N3O2. The van der Waals surface area contributed by atoms with Gasteiger partial charge in [0.15, 0.2) is 0 Å². The van der Waals surface area contributed by atoms with Crippen molar-refractivity contribution >= 4 is 17.8 Å². The molecule has 0 radical (unpaired) electrons. The van der Waals surface area contributed by atoms with Gasteiger partial charge in [-0.3, -0.25) is 15.4 Å². The number of benzene rings is 2. The maximum atomic E-state index is 13.5. The highest BCUT2D eigenvalue weighted by Crippen LogP contribution is 2.20. The number of imide groups is 1. The van der Waals surface area contributed by atoms with Gasteiger partial charge in [-0.2, -0.15) is 0 Å². The van der Waals surface area contributed by atoms with Crippen molar-refractivity contribution < 1.29 is 22.8 Å². The zero-order valence-corrected chi connectivity index (χ0v) is 13.7. The first-order valence-corrected chi connectivity index (χ1v) is 7.72. The van der Waals surface area contributed by atoms with Crippen molar-refractivity contribution in [2.24, 2.45) is 0 Å². The first-order chi connectivity index (χ1) is 12.9. The first kappa shape index (κ1) is 18.1. The zero-order chi connectivity index (χ0) is 19.4. The molecule has 8 heteroatoms.